The molecule has 0 radical (unpaired) electrons. The summed E-state index contributed by atoms with van der Waals surface area (Å²) in [6.07, 6.45) is 17.3. The molecule has 0 amide bonds. The Morgan fingerprint density at radius 2 is 2.16 bits per heavy atom. The van der Waals surface area contributed by atoms with Crippen LogP contribution < -0.4 is 0 Å². The van der Waals surface area contributed by atoms with Crippen LogP contribution in [0.2, 0.25) is 0 Å². The smallest absolute Gasteiger partial charge is 0.330 e. The van der Waals surface area contributed by atoms with Crippen molar-refractivity contribution < 1.29 is 14.3 Å². The Kier molecular flexibility index (Phi) is 6.27. The molecule has 0 heterocycles. The number of unbranched alkanes of at least 4 members (excludes halogenated alkanes) is 1. The van der Waals surface area contributed by atoms with E-state index in [1.165, 1.54) is 12.5 Å². The number of terminal acetylenes is 1. The van der Waals surface area contributed by atoms with Crippen LogP contribution in [0.3, 0.4) is 0 Å². The number of esters is 1. The maximum Gasteiger partial charge on any atom is 0.330 e. The lowest BCUT2D eigenvalue weighted by atomic mass is 9.49. The minimum absolute atomic E-state index is 0.0331. The average Bonchev–Trinajstić information content (AvgIpc) is 2.55. The molecule has 3 heteroatoms. The standard InChI is InChI=1S/C22H30O3/c1-5-6-7-15-25-20(24)12-10-17-9-11-19-21(2,3)13-8-14-22(19,4)18(17)16-23/h1,9-10,12,16,18-19H,6-8,11,13-15H2,2-4H3/b12-10+/t18-,19-,22+/m0/s1. The topological polar surface area (TPSA) is 43.4 Å². The number of aldehydes is 1. The second kappa shape index (κ2) is 8.04. The van der Waals surface area contributed by atoms with E-state index in [1.54, 1.807) is 6.08 Å². The van der Waals surface area contributed by atoms with Gasteiger partial charge >= 0.3 is 5.97 Å². The second-order valence-electron chi connectivity index (χ2n) is 8.26. The first-order chi connectivity index (χ1) is 11.8. The van der Waals surface area contributed by atoms with Gasteiger partial charge in [-0.3, -0.25) is 0 Å². The van der Waals surface area contributed by atoms with Gasteiger partial charge in [-0.05, 0) is 48.0 Å². The lowest BCUT2D eigenvalue weighted by molar-refractivity contribution is -0.137. The van der Waals surface area contributed by atoms with Crippen LogP contribution in [-0.2, 0) is 14.3 Å². The molecule has 0 unspecified atom stereocenters. The molecule has 1 fully saturated rings. The van der Waals surface area contributed by atoms with Gasteiger partial charge in [0.2, 0.25) is 0 Å². The first-order valence-corrected chi connectivity index (χ1v) is 9.29. The molecule has 0 aromatic carbocycles. The maximum absolute atomic E-state index is 11.9. The van der Waals surface area contributed by atoms with Gasteiger partial charge in [-0.1, -0.05) is 39.3 Å². The molecule has 136 valence electrons. The summed E-state index contributed by atoms with van der Waals surface area (Å²) in [5.41, 5.74) is 1.16. The molecule has 2 rings (SSSR count). The molecular formula is C22H30O3. The van der Waals surface area contributed by atoms with E-state index in [2.05, 4.69) is 32.8 Å². The molecule has 1 saturated carbocycles. The van der Waals surface area contributed by atoms with Crippen molar-refractivity contribution in [3.05, 3.63) is 23.8 Å². The van der Waals surface area contributed by atoms with Crippen molar-refractivity contribution in [2.45, 2.75) is 59.3 Å². The first kappa shape index (κ1) is 19.5. The van der Waals surface area contributed by atoms with Crippen LogP contribution >= 0.6 is 0 Å². The normalized spacial score (nSPS) is 30.9. The van der Waals surface area contributed by atoms with Gasteiger partial charge in [-0.25, -0.2) is 4.79 Å². The zero-order valence-electron chi connectivity index (χ0n) is 15.7. The Morgan fingerprint density at radius 3 is 2.84 bits per heavy atom. The molecule has 25 heavy (non-hydrogen) atoms. The van der Waals surface area contributed by atoms with Gasteiger partial charge in [0.05, 0.1) is 6.61 Å². The predicted molar refractivity (Wildman–Crippen MR) is 99.6 cm³/mol. The van der Waals surface area contributed by atoms with Crippen LogP contribution in [0.1, 0.15) is 59.3 Å². The van der Waals surface area contributed by atoms with Crippen LogP contribution in [0, 0.1) is 35.0 Å². The third kappa shape index (κ3) is 4.24. The molecule has 0 saturated heterocycles. The van der Waals surface area contributed by atoms with Gasteiger partial charge in [-0.2, -0.15) is 0 Å². The van der Waals surface area contributed by atoms with Crippen molar-refractivity contribution in [3.8, 4) is 12.3 Å². The zero-order valence-corrected chi connectivity index (χ0v) is 15.7. The Labute approximate surface area is 151 Å². The van der Waals surface area contributed by atoms with Crippen molar-refractivity contribution in [2.75, 3.05) is 6.61 Å². The van der Waals surface area contributed by atoms with E-state index in [1.807, 2.05) is 0 Å². The van der Waals surface area contributed by atoms with Crippen molar-refractivity contribution in [1.82, 2.24) is 0 Å². The highest BCUT2D eigenvalue weighted by molar-refractivity contribution is 5.83. The van der Waals surface area contributed by atoms with Crippen LogP contribution in [0.4, 0.5) is 0 Å². The predicted octanol–water partition coefficient (Wildman–Crippen LogP) is 4.48. The number of carbonyl (C=O) groups is 2. The monoisotopic (exact) mass is 342 g/mol. The maximum atomic E-state index is 11.9. The summed E-state index contributed by atoms with van der Waals surface area (Å²) in [7, 11) is 0. The summed E-state index contributed by atoms with van der Waals surface area (Å²) in [5.74, 6) is 2.48. The third-order valence-corrected chi connectivity index (χ3v) is 6.19. The second-order valence-corrected chi connectivity index (χ2v) is 8.26. The van der Waals surface area contributed by atoms with E-state index in [4.69, 9.17) is 11.2 Å². The summed E-state index contributed by atoms with van der Waals surface area (Å²) in [6, 6.07) is 0. The van der Waals surface area contributed by atoms with E-state index in [0.717, 1.165) is 31.1 Å². The number of hydrogen-bond donors (Lipinski definition) is 0. The molecular weight excluding hydrogens is 312 g/mol. The molecule has 0 N–H and O–H groups in total. The SMILES string of the molecule is C#CCCCOC(=O)/C=C/C1=CC[C@H]2C(C)(C)CCC[C@]2(C)[C@H]1C=O. The fourth-order valence-electron chi connectivity index (χ4n) is 4.85. The van der Waals surface area contributed by atoms with Crippen LogP contribution in [-0.4, -0.2) is 18.9 Å². The van der Waals surface area contributed by atoms with Crippen molar-refractivity contribution in [3.63, 3.8) is 0 Å². The van der Waals surface area contributed by atoms with Crippen LogP contribution in [0.5, 0.6) is 0 Å². The highest BCUT2D eigenvalue weighted by Crippen LogP contribution is 2.59. The van der Waals surface area contributed by atoms with Gasteiger partial charge in [0, 0.05) is 18.4 Å². The molecule has 0 aliphatic heterocycles. The average molecular weight is 342 g/mol. The van der Waals surface area contributed by atoms with Crippen molar-refractivity contribution >= 4 is 12.3 Å². The van der Waals surface area contributed by atoms with Gasteiger partial charge in [-0.15, -0.1) is 12.3 Å². The van der Waals surface area contributed by atoms with Gasteiger partial charge in [0.1, 0.15) is 6.29 Å². The molecule has 2 aliphatic rings. The summed E-state index contributed by atoms with van der Waals surface area (Å²) in [6.45, 7) is 7.21. The number of allylic oxidation sites excluding steroid dienone is 3. The molecule has 2 aliphatic carbocycles. The quantitative estimate of drug-likeness (QED) is 0.235. The lowest BCUT2D eigenvalue weighted by Crippen LogP contribution is -2.49. The van der Waals surface area contributed by atoms with Gasteiger partial charge in [0.25, 0.3) is 0 Å². The van der Waals surface area contributed by atoms with Crippen LogP contribution in [0.15, 0.2) is 23.8 Å². The van der Waals surface area contributed by atoms with E-state index in [-0.39, 0.29) is 22.7 Å². The zero-order chi connectivity index (χ0) is 18.5. The van der Waals surface area contributed by atoms with E-state index >= 15 is 0 Å². The summed E-state index contributed by atoms with van der Waals surface area (Å²) in [4.78, 5) is 23.8. The largest absolute Gasteiger partial charge is 0.462 e. The molecule has 0 aromatic heterocycles. The van der Waals surface area contributed by atoms with Gasteiger partial charge < -0.3 is 9.53 Å². The molecule has 3 nitrogen and oxygen atoms in total. The minimum Gasteiger partial charge on any atom is -0.462 e. The highest BCUT2D eigenvalue weighted by Gasteiger charge is 2.52. The lowest BCUT2D eigenvalue weighted by Gasteiger charge is -2.55. The summed E-state index contributed by atoms with van der Waals surface area (Å²) < 4.78 is 5.13. The molecule has 0 bridgehead atoms. The molecule has 0 spiro atoms. The van der Waals surface area contributed by atoms with E-state index in [0.29, 0.717) is 25.4 Å². The Balaban J connectivity index is 2.10. The van der Waals surface area contributed by atoms with Crippen LogP contribution in [0.25, 0.3) is 0 Å². The summed E-state index contributed by atoms with van der Waals surface area (Å²) >= 11 is 0. The number of fused-ring (bicyclic) bond motifs is 1. The molecule has 3 atom stereocenters. The minimum atomic E-state index is -0.376. The van der Waals surface area contributed by atoms with E-state index in [9.17, 15) is 9.59 Å². The van der Waals surface area contributed by atoms with E-state index < -0.39 is 0 Å². The number of hydrogen-bond acceptors (Lipinski definition) is 3. The van der Waals surface area contributed by atoms with Gasteiger partial charge in [0.15, 0.2) is 0 Å². The number of rotatable bonds is 6. The first-order valence-electron chi connectivity index (χ1n) is 9.29. The third-order valence-electron chi connectivity index (χ3n) is 6.19. The Hall–Kier alpha value is -1.82. The molecule has 0 aromatic rings. The fourth-order valence-corrected chi connectivity index (χ4v) is 4.85. The van der Waals surface area contributed by atoms with Crippen molar-refractivity contribution in [1.29, 1.82) is 0 Å². The Bertz CT molecular complexity index is 605. The Morgan fingerprint density at radius 1 is 1.40 bits per heavy atom. The summed E-state index contributed by atoms with van der Waals surface area (Å²) in [5, 5.41) is 0. The number of carbonyl (C=O) groups excluding carboxylic acids is 2. The van der Waals surface area contributed by atoms with Crippen molar-refractivity contribution in [2.24, 2.45) is 22.7 Å². The fraction of sp³-hybridized carbons (Fsp3) is 0.636. The highest BCUT2D eigenvalue weighted by atomic mass is 16.5. The number of ether oxygens (including phenoxy) is 1.